The summed E-state index contributed by atoms with van der Waals surface area (Å²) in [4.78, 5) is 57.7. The van der Waals surface area contributed by atoms with Crippen LogP contribution in [-0.4, -0.2) is 76.7 Å². The van der Waals surface area contributed by atoms with E-state index in [0.29, 0.717) is 16.8 Å². The summed E-state index contributed by atoms with van der Waals surface area (Å²) in [7, 11) is -3.50. The topological polar surface area (TPSA) is 162 Å². The molecule has 3 rings (SSSR count). The monoisotopic (exact) mass is 700 g/mol. The third kappa shape index (κ3) is 12.3. The molecule has 0 saturated carbocycles. The van der Waals surface area contributed by atoms with Crippen LogP contribution in [0.1, 0.15) is 75.8 Å². The maximum Gasteiger partial charge on any atom is 0.407 e. The fourth-order valence-corrected chi connectivity index (χ4v) is 5.07. The average Bonchev–Trinajstić information content (AvgIpc) is 3.11. The van der Waals surface area contributed by atoms with E-state index in [4.69, 9.17) is 16.4 Å². The lowest BCUT2D eigenvalue weighted by molar-refractivity contribution is -0.135. The first-order chi connectivity index (χ1) is 28.4. The van der Waals surface area contributed by atoms with Gasteiger partial charge in [-0.3, -0.25) is 24.8 Å². The first-order valence-corrected chi connectivity index (χ1v) is 15.7. The number of hydrogen-bond donors (Lipinski definition) is 5. The molecule has 12 nitrogen and oxygen atoms in total. The molecule has 2 aromatic carbocycles. The lowest BCUT2D eigenvalue weighted by Crippen LogP contribution is -2.60. The number of aromatic nitrogens is 1. The van der Waals surface area contributed by atoms with Gasteiger partial charge in [-0.1, -0.05) is 102 Å². The lowest BCUT2D eigenvalue weighted by Gasteiger charge is -2.36. The highest BCUT2D eigenvalue weighted by Gasteiger charge is 2.37. The number of alkyl carbamates (subject to hydrolysis) is 1. The number of aliphatic hydroxyl groups excluding tert-OH is 1. The third-order valence-corrected chi connectivity index (χ3v) is 7.58. The molecule has 270 valence electrons. The number of hydrazine groups is 1. The first kappa shape index (κ1) is 25.2. The average molecular weight is 701 g/mol. The van der Waals surface area contributed by atoms with E-state index in [0.717, 1.165) is 5.56 Å². The van der Waals surface area contributed by atoms with Crippen LogP contribution < -0.4 is 21.4 Å². The van der Waals surface area contributed by atoms with Gasteiger partial charge in [0.25, 0.3) is 5.91 Å². The second-order valence-electron chi connectivity index (χ2n) is 12.9. The van der Waals surface area contributed by atoms with Crippen LogP contribution in [-0.2, 0) is 32.1 Å². The number of hydrogen-bond acceptors (Lipinski definition) is 8. The molecule has 3 aromatic rings. The van der Waals surface area contributed by atoms with Crippen LogP contribution in [0, 0.1) is 10.8 Å². The van der Waals surface area contributed by atoms with Crippen molar-refractivity contribution >= 4 is 23.8 Å². The molecule has 12 heteroatoms. The fourth-order valence-electron chi connectivity index (χ4n) is 5.07. The van der Waals surface area contributed by atoms with Crippen LogP contribution in [0.3, 0.4) is 0 Å². The van der Waals surface area contributed by atoms with Crippen LogP contribution in [0.4, 0.5) is 4.79 Å². The Hall–Kier alpha value is -4.81. The van der Waals surface area contributed by atoms with Crippen LogP contribution in [0.25, 0.3) is 11.3 Å². The van der Waals surface area contributed by atoms with Crippen LogP contribution >= 0.6 is 0 Å². The molecule has 50 heavy (non-hydrogen) atoms. The number of amides is 4. The van der Waals surface area contributed by atoms with Gasteiger partial charge in [-0.15, -0.1) is 0 Å². The van der Waals surface area contributed by atoms with Crippen molar-refractivity contribution in [2.24, 2.45) is 10.8 Å². The van der Waals surface area contributed by atoms with Crippen molar-refractivity contribution < 1.29 is 45.5 Å². The van der Waals surface area contributed by atoms with Crippen molar-refractivity contribution in [2.45, 2.75) is 85.4 Å². The highest BCUT2D eigenvalue weighted by molar-refractivity contribution is 5.87. The highest BCUT2D eigenvalue weighted by Crippen LogP contribution is 2.22. The number of nitrogens with zero attached hydrogens (tertiary/aromatic N) is 2. The molecule has 1 aromatic heterocycles. The molecule has 0 aliphatic carbocycles. The Morgan fingerprint density at radius 2 is 1.50 bits per heavy atom. The normalized spacial score (nSPS) is 18.7. The van der Waals surface area contributed by atoms with Crippen LogP contribution in [0.5, 0.6) is 0 Å². The third-order valence-electron chi connectivity index (χ3n) is 7.58. The van der Waals surface area contributed by atoms with E-state index in [2.05, 4.69) is 25.8 Å². The van der Waals surface area contributed by atoms with Crippen molar-refractivity contribution in [3.63, 3.8) is 0 Å². The molecular weight excluding hydrogens is 636 g/mol. The van der Waals surface area contributed by atoms with E-state index < -0.39 is 93.0 Å². The lowest BCUT2D eigenvalue weighted by atomic mass is 9.85. The number of benzene rings is 2. The van der Waals surface area contributed by atoms with Gasteiger partial charge < -0.3 is 25.8 Å². The van der Waals surface area contributed by atoms with Crippen molar-refractivity contribution in [3.8, 4) is 11.3 Å². The molecule has 5 N–H and O–H groups in total. The Morgan fingerprint density at radius 3 is 2.08 bits per heavy atom. The quantitative estimate of drug-likeness (QED) is 0.158. The number of carbonyl (C=O) groups is 4. The summed E-state index contributed by atoms with van der Waals surface area (Å²) < 4.78 is 99.9. The summed E-state index contributed by atoms with van der Waals surface area (Å²) in [6.45, 7) is -6.47. The summed E-state index contributed by atoms with van der Waals surface area (Å²) >= 11 is 0. The summed E-state index contributed by atoms with van der Waals surface area (Å²) in [5.74, 6) is -2.94. The first-order valence-electron chi connectivity index (χ1n) is 21.7. The van der Waals surface area contributed by atoms with Gasteiger partial charge >= 0.3 is 6.09 Å². The van der Waals surface area contributed by atoms with Crippen LogP contribution in [0.2, 0.25) is 0 Å². The Bertz CT molecular complexity index is 1940. The minimum Gasteiger partial charge on any atom is -0.453 e. The van der Waals surface area contributed by atoms with E-state index in [1.807, 2.05) is 12.1 Å². The molecule has 0 saturated heterocycles. The van der Waals surface area contributed by atoms with E-state index >= 15 is 0 Å². The van der Waals surface area contributed by atoms with E-state index in [9.17, 15) is 24.3 Å². The van der Waals surface area contributed by atoms with Gasteiger partial charge in [0.05, 0.1) is 29.0 Å². The summed E-state index contributed by atoms with van der Waals surface area (Å²) in [6, 6.07) is 14.8. The van der Waals surface area contributed by atoms with Gasteiger partial charge in [-0.05, 0) is 40.5 Å². The molecule has 0 spiro atoms. The van der Waals surface area contributed by atoms with E-state index in [-0.39, 0.29) is 13.0 Å². The Kier molecular flexibility index (Phi) is 8.93. The molecule has 0 fully saturated rings. The summed E-state index contributed by atoms with van der Waals surface area (Å²) in [6.07, 6.45) is -2.45. The highest BCUT2D eigenvalue weighted by atomic mass is 16.5. The van der Waals surface area contributed by atoms with Gasteiger partial charge in [0.1, 0.15) is 12.1 Å². The zero-order valence-corrected chi connectivity index (χ0v) is 28.3. The number of ether oxygens (including phenoxy) is 1. The van der Waals surface area contributed by atoms with Crippen molar-refractivity contribution in [2.75, 3.05) is 13.6 Å². The molecular formula is C38H52N6O6. The Balaban J connectivity index is 2.16. The van der Waals surface area contributed by atoms with Crippen molar-refractivity contribution in [1.29, 1.82) is 0 Å². The maximum absolute atomic E-state index is 14.4. The van der Waals surface area contributed by atoms with Crippen molar-refractivity contribution in [3.05, 3.63) is 90.1 Å². The summed E-state index contributed by atoms with van der Waals surface area (Å²) in [5.41, 5.74) is 0.323. The predicted octanol–water partition coefficient (Wildman–Crippen LogP) is 3.99. The molecule has 0 unspecified atom stereocenters. The SMILES string of the molecule is [2H]C([2H])([2H])OC(=O)N[C@H](C(=O)N[C@@H](Cc1ccccc1)[C@@H](O)CN(Cc1ccc(-c2ccccn2)cc1)NC(=O)[C@@H](NC(C)=O)C(C)(C)C)C(C([2H])([2H])[2H])(C([2H])([2H])[2H])C([2H])([2H])[2H]. The number of rotatable bonds is 14. The van der Waals surface area contributed by atoms with E-state index in [1.54, 1.807) is 92.9 Å². The predicted molar refractivity (Wildman–Crippen MR) is 192 cm³/mol. The maximum atomic E-state index is 14.4. The van der Waals surface area contributed by atoms with Gasteiger partial charge in [0, 0.05) is 44.1 Å². The van der Waals surface area contributed by atoms with Gasteiger partial charge in [-0.25, -0.2) is 9.80 Å². The smallest absolute Gasteiger partial charge is 0.407 e. The second kappa shape index (κ2) is 17.7. The van der Waals surface area contributed by atoms with E-state index in [1.165, 1.54) is 11.9 Å². The second-order valence-corrected chi connectivity index (χ2v) is 12.9. The van der Waals surface area contributed by atoms with Gasteiger partial charge in [-0.2, -0.15) is 0 Å². The van der Waals surface area contributed by atoms with Crippen molar-refractivity contribution in [1.82, 2.24) is 31.4 Å². The molecule has 1 heterocycles. The number of methoxy groups -OCH3 is 1. The zero-order chi connectivity index (χ0) is 47.1. The fraction of sp³-hybridized carbons (Fsp3) is 0.447. The zero-order valence-electron chi connectivity index (χ0n) is 40.3. The minimum atomic E-state index is -4.08. The number of aliphatic hydroxyl groups is 1. The molecule has 0 aliphatic rings. The van der Waals surface area contributed by atoms with Gasteiger partial charge in [0.2, 0.25) is 11.8 Å². The molecule has 4 amide bonds. The summed E-state index contributed by atoms with van der Waals surface area (Å²) in [5, 5.41) is 19.8. The minimum absolute atomic E-state index is 0.0976. The molecule has 4 atom stereocenters. The largest absolute Gasteiger partial charge is 0.453 e. The number of pyridine rings is 1. The molecule has 0 bridgehead atoms. The number of carbonyl (C=O) groups excluding carboxylic acids is 4. The molecule has 0 radical (unpaired) electrons. The van der Waals surface area contributed by atoms with Gasteiger partial charge in [0.15, 0.2) is 0 Å². The Labute approximate surface area is 312 Å². The Morgan fingerprint density at radius 1 is 0.840 bits per heavy atom. The standard InChI is InChI=1S/C38H52N6O6/c1-25(45)40-33(38(5,6)7)35(48)43-44(23-27-17-19-28(20-18-27)29-16-12-13-21-39-29)24-31(46)30(22-26-14-10-9-11-15-26)41-34(47)32(37(2,3)4)42-36(49)50-8/h9-21,30-33,46H,22-24H2,1-8H3,(H,40,45)(H,41,47)(H,42,49)(H,43,48)/t30-,31-,32+,33+/m0/s1/i2D3,3D3,4D3,8D3. The van der Waals surface area contributed by atoms with Crippen LogP contribution in [0.15, 0.2) is 79.0 Å². The number of nitrogens with one attached hydrogen (secondary N) is 4. The molecule has 0 aliphatic heterocycles.